The van der Waals surface area contributed by atoms with E-state index in [0.717, 1.165) is 55.9 Å². The molecule has 0 atom stereocenters. The van der Waals surface area contributed by atoms with E-state index in [4.69, 9.17) is 4.42 Å². The Morgan fingerprint density at radius 3 is 1.28 bits per heavy atom. The third-order valence-corrected chi connectivity index (χ3v) is 15.5. The van der Waals surface area contributed by atoms with Crippen molar-refractivity contribution >= 4 is 92.1 Å². The van der Waals surface area contributed by atoms with Crippen molar-refractivity contribution in [2.75, 3.05) is 4.90 Å². The fraction of sp³-hybridized carbons (Fsp3) is 0. The van der Waals surface area contributed by atoms with E-state index in [1.165, 1.54) is 80.5 Å². The minimum absolute atomic E-state index is 0.914. The summed E-state index contributed by atoms with van der Waals surface area (Å²) in [5.41, 5.74) is 16.9. The first kappa shape index (κ1) is 41.0. The van der Waals surface area contributed by atoms with Crippen LogP contribution in [0, 0.1) is 0 Å². The zero-order valence-electron chi connectivity index (χ0n) is 38.6. The SMILES string of the molecule is c1ccc(-c2ccc(N(c3ccc(-c4ccc(-c5cccc6c5oc5ccc7ccccc7c56)cc4)cc3)c3ccc(-c4ccc(-c5cccc6c5sc5ccc7ccccc7c56)cc4)cc3)cc2)cc1. The van der Waals surface area contributed by atoms with Crippen LogP contribution in [0.3, 0.4) is 0 Å². The van der Waals surface area contributed by atoms with Gasteiger partial charge in [-0.05, 0) is 120 Å². The van der Waals surface area contributed by atoms with Crippen LogP contribution in [0.5, 0.6) is 0 Å². The van der Waals surface area contributed by atoms with Crippen molar-refractivity contribution in [1.29, 1.82) is 0 Å². The van der Waals surface area contributed by atoms with Gasteiger partial charge < -0.3 is 9.32 Å². The van der Waals surface area contributed by atoms with Gasteiger partial charge in [0.05, 0.1) is 0 Å². The quantitative estimate of drug-likeness (QED) is 0.151. The largest absolute Gasteiger partial charge is 0.455 e. The molecule has 0 unspecified atom stereocenters. The molecule has 14 aromatic rings. The van der Waals surface area contributed by atoms with Gasteiger partial charge in [0.1, 0.15) is 11.2 Å². The zero-order valence-corrected chi connectivity index (χ0v) is 39.4. The second kappa shape index (κ2) is 16.9. The lowest BCUT2D eigenvalue weighted by atomic mass is 9.97. The standard InChI is InChI=1S/C68H43NOS/c1-2-10-44(11-3-1)47-28-36-54(37-29-47)69(55-38-30-48(31-39-55)45-20-24-52(25-21-45)59-16-8-18-61-65-57-14-6-4-12-50(57)34-42-63(65)70-67(59)61)56-40-32-49(33-41-56)46-22-26-53(27-23-46)60-17-9-19-62-66-58-15-7-5-13-51(58)35-43-64(66)71-68(60)62/h1-43H. The third kappa shape index (κ3) is 7.09. The average molecular weight is 922 g/mol. The van der Waals surface area contributed by atoms with E-state index in [0.29, 0.717) is 0 Å². The van der Waals surface area contributed by atoms with Crippen molar-refractivity contribution < 1.29 is 4.42 Å². The second-order valence-corrected chi connectivity index (χ2v) is 19.4. The van der Waals surface area contributed by atoms with E-state index < -0.39 is 0 Å². The number of nitrogens with zero attached hydrogens (tertiary/aromatic N) is 1. The number of furan rings is 1. The molecule has 0 amide bonds. The van der Waals surface area contributed by atoms with E-state index >= 15 is 0 Å². The van der Waals surface area contributed by atoms with Crippen molar-refractivity contribution in [3.63, 3.8) is 0 Å². The molecule has 2 aromatic heterocycles. The highest BCUT2D eigenvalue weighted by Crippen LogP contribution is 2.44. The Kier molecular flexibility index (Phi) is 9.75. The molecule has 0 saturated carbocycles. The highest BCUT2D eigenvalue weighted by molar-refractivity contribution is 7.26. The van der Waals surface area contributed by atoms with Gasteiger partial charge in [0, 0.05) is 53.6 Å². The van der Waals surface area contributed by atoms with Crippen LogP contribution in [0.15, 0.2) is 265 Å². The monoisotopic (exact) mass is 921 g/mol. The molecule has 332 valence electrons. The van der Waals surface area contributed by atoms with Gasteiger partial charge in [-0.25, -0.2) is 0 Å². The van der Waals surface area contributed by atoms with Crippen molar-refractivity contribution in [2.24, 2.45) is 0 Å². The minimum atomic E-state index is 0.914. The van der Waals surface area contributed by atoms with E-state index in [9.17, 15) is 0 Å². The van der Waals surface area contributed by atoms with Crippen LogP contribution in [-0.4, -0.2) is 0 Å². The Balaban J connectivity index is 0.767. The molecule has 14 rings (SSSR count). The van der Waals surface area contributed by atoms with Gasteiger partial charge >= 0.3 is 0 Å². The summed E-state index contributed by atoms with van der Waals surface area (Å²) in [5.74, 6) is 0. The number of hydrogen-bond donors (Lipinski definition) is 0. The molecular weight excluding hydrogens is 879 g/mol. The molecule has 71 heavy (non-hydrogen) atoms. The first-order valence-corrected chi connectivity index (χ1v) is 25.0. The highest BCUT2D eigenvalue weighted by atomic mass is 32.1. The summed E-state index contributed by atoms with van der Waals surface area (Å²) in [5, 5.41) is 10.0. The molecule has 0 spiro atoms. The smallest absolute Gasteiger partial charge is 0.143 e. The normalized spacial score (nSPS) is 11.7. The van der Waals surface area contributed by atoms with Crippen molar-refractivity contribution in [3.05, 3.63) is 261 Å². The van der Waals surface area contributed by atoms with Crippen LogP contribution in [0.4, 0.5) is 17.1 Å². The second-order valence-electron chi connectivity index (χ2n) is 18.4. The van der Waals surface area contributed by atoms with Crippen LogP contribution in [0.2, 0.25) is 0 Å². The first-order chi connectivity index (χ1) is 35.2. The lowest BCUT2D eigenvalue weighted by molar-refractivity contribution is 0.670. The van der Waals surface area contributed by atoms with Crippen molar-refractivity contribution in [3.8, 4) is 55.6 Å². The lowest BCUT2D eigenvalue weighted by Crippen LogP contribution is -2.09. The number of thiophene rings is 1. The maximum absolute atomic E-state index is 6.57. The van der Waals surface area contributed by atoms with Gasteiger partial charge in [0.15, 0.2) is 0 Å². The number of para-hydroxylation sites is 1. The maximum atomic E-state index is 6.57. The topological polar surface area (TPSA) is 16.4 Å². The molecule has 0 aliphatic rings. The summed E-state index contributed by atoms with van der Waals surface area (Å²) in [4.78, 5) is 2.35. The Hall–Kier alpha value is -9.02. The van der Waals surface area contributed by atoms with Crippen LogP contribution in [0.1, 0.15) is 0 Å². The van der Waals surface area contributed by atoms with Crippen LogP contribution >= 0.6 is 11.3 Å². The Morgan fingerprint density at radius 2 is 0.704 bits per heavy atom. The number of anilines is 3. The predicted molar refractivity (Wildman–Crippen MR) is 303 cm³/mol. The van der Waals surface area contributed by atoms with Crippen LogP contribution < -0.4 is 4.90 Å². The lowest BCUT2D eigenvalue weighted by Gasteiger charge is -2.26. The highest BCUT2D eigenvalue weighted by Gasteiger charge is 2.18. The summed E-state index contributed by atoms with van der Waals surface area (Å²) in [6.45, 7) is 0. The van der Waals surface area contributed by atoms with Gasteiger partial charge in [0.2, 0.25) is 0 Å². The minimum Gasteiger partial charge on any atom is -0.455 e. The fourth-order valence-electron chi connectivity index (χ4n) is 10.8. The fourth-order valence-corrected chi connectivity index (χ4v) is 12.0. The van der Waals surface area contributed by atoms with Crippen LogP contribution in [-0.2, 0) is 0 Å². The van der Waals surface area contributed by atoms with Crippen molar-refractivity contribution in [1.82, 2.24) is 0 Å². The Labute approximate surface area is 415 Å². The number of fused-ring (bicyclic) bond motifs is 10. The van der Waals surface area contributed by atoms with Crippen molar-refractivity contribution in [2.45, 2.75) is 0 Å². The average Bonchev–Trinajstić information content (AvgIpc) is 4.04. The Bertz CT molecular complexity index is 4040. The summed E-state index contributed by atoms with van der Waals surface area (Å²) in [6, 6.07) is 94.6. The molecule has 2 heterocycles. The summed E-state index contributed by atoms with van der Waals surface area (Å²) < 4.78 is 9.23. The molecule has 0 fully saturated rings. The maximum Gasteiger partial charge on any atom is 0.143 e. The zero-order chi connectivity index (χ0) is 46.8. The summed E-state index contributed by atoms with van der Waals surface area (Å²) in [6.07, 6.45) is 0. The van der Waals surface area contributed by atoms with E-state index in [-0.39, 0.29) is 0 Å². The van der Waals surface area contributed by atoms with Gasteiger partial charge in [0.25, 0.3) is 0 Å². The third-order valence-electron chi connectivity index (χ3n) is 14.3. The van der Waals surface area contributed by atoms with Gasteiger partial charge in [-0.3, -0.25) is 0 Å². The van der Waals surface area contributed by atoms with E-state index in [1.54, 1.807) is 0 Å². The molecule has 0 aliphatic heterocycles. The number of hydrogen-bond acceptors (Lipinski definition) is 3. The number of rotatable bonds is 8. The molecular formula is C68H43NOS. The van der Waals surface area contributed by atoms with Crippen LogP contribution in [0.25, 0.3) is 119 Å². The van der Waals surface area contributed by atoms with Gasteiger partial charge in [-0.1, -0.05) is 212 Å². The molecule has 12 aromatic carbocycles. The molecule has 0 bridgehead atoms. The Morgan fingerprint density at radius 1 is 0.282 bits per heavy atom. The first-order valence-electron chi connectivity index (χ1n) is 24.2. The molecule has 0 saturated heterocycles. The predicted octanol–water partition coefficient (Wildman–Crippen LogP) is 20.1. The van der Waals surface area contributed by atoms with E-state index in [2.05, 4.69) is 266 Å². The number of benzene rings is 12. The molecule has 0 N–H and O–H groups in total. The molecule has 0 radical (unpaired) electrons. The molecule has 0 aliphatic carbocycles. The van der Waals surface area contributed by atoms with Gasteiger partial charge in [-0.15, -0.1) is 11.3 Å². The van der Waals surface area contributed by atoms with Gasteiger partial charge in [-0.2, -0.15) is 0 Å². The summed E-state index contributed by atoms with van der Waals surface area (Å²) in [7, 11) is 0. The molecule has 3 heteroatoms. The summed E-state index contributed by atoms with van der Waals surface area (Å²) >= 11 is 1.89. The molecule has 2 nitrogen and oxygen atoms in total. The van der Waals surface area contributed by atoms with E-state index in [1.807, 2.05) is 11.3 Å².